The van der Waals surface area contributed by atoms with Gasteiger partial charge >= 0.3 is 0 Å². The summed E-state index contributed by atoms with van der Waals surface area (Å²) >= 11 is 5.86. The number of nitro benzene ring substituents is 1. The molecule has 3 aromatic rings. The van der Waals surface area contributed by atoms with E-state index in [1.54, 1.807) is 28.9 Å². The van der Waals surface area contributed by atoms with Crippen molar-refractivity contribution in [3.63, 3.8) is 0 Å². The number of nitro groups is 1. The van der Waals surface area contributed by atoms with Gasteiger partial charge in [-0.2, -0.15) is 5.10 Å². The van der Waals surface area contributed by atoms with Gasteiger partial charge in [0.05, 0.1) is 16.3 Å². The molecule has 2 aromatic carbocycles. The van der Waals surface area contributed by atoms with E-state index in [0.717, 1.165) is 16.9 Å². The maximum Gasteiger partial charge on any atom is 0.269 e. The van der Waals surface area contributed by atoms with Crippen molar-refractivity contribution in [2.75, 3.05) is 0 Å². The Morgan fingerprint density at radius 3 is 2.29 bits per heavy atom. The van der Waals surface area contributed by atoms with Crippen LogP contribution in [0.3, 0.4) is 0 Å². The van der Waals surface area contributed by atoms with Gasteiger partial charge in [0.25, 0.3) is 5.69 Å². The van der Waals surface area contributed by atoms with Gasteiger partial charge in [0.1, 0.15) is 0 Å². The number of benzene rings is 2. The van der Waals surface area contributed by atoms with Crippen molar-refractivity contribution in [3.05, 3.63) is 75.9 Å². The van der Waals surface area contributed by atoms with Crippen molar-refractivity contribution < 1.29 is 4.92 Å². The Bertz CT molecular complexity index is 779. The normalized spacial score (nSPS) is 10.5. The van der Waals surface area contributed by atoms with Crippen LogP contribution in [-0.2, 0) is 0 Å². The highest BCUT2D eigenvalue weighted by molar-refractivity contribution is 6.30. The van der Waals surface area contributed by atoms with E-state index in [0.29, 0.717) is 5.02 Å². The minimum Gasteiger partial charge on any atom is -0.258 e. The summed E-state index contributed by atoms with van der Waals surface area (Å²) in [5, 5.41) is 15.8. The molecular formula is C15H10ClN3O2. The third-order valence-corrected chi connectivity index (χ3v) is 3.31. The van der Waals surface area contributed by atoms with Gasteiger partial charge in [0.15, 0.2) is 0 Å². The van der Waals surface area contributed by atoms with Crippen molar-refractivity contribution in [3.8, 4) is 16.9 Å². The molecule has 0 atom stereocenters. The Morgan fingerprint density at radius 2 is 1.67 bits per heavy atom. The lowest BCUT2D eigenvalue weighted by Crippen LogP contribution is -1.94. The van der Waals surface area contributed by atoms with Crippen LogP contribution >= 0.6 is 11.6 Å². The predicted molar refractivity (Wildman–Crippen MR) is 80.7 cm³/mol. The zero-order valence-electron chi connectivity index (χ0n) is 10.8. The second-order valence-electron chi connectivity index (χ2n) is 4.43. The van der Waals surface area contributed by atoms with Crippen LogP contribution in [0, 0.1) is 10.1 Å². The summed E-state index contributed by atoms with van der Waals surface area (Å²) < 4.78 is 1.73. The van der Waals surface area contributed by atoms with Gasteiger partial charge in [0.2, 0.25) is 0 Å². The summed E-state index contributed by atoms with van der Waals surface area (Å²) in [4.78, 5) is 10.2. The summed E-state index contributed by atoms with van der Waals surface area (Å²) in [6.45, 7) is 0. The van der Waals surface area contributed by atoms with Gasteiger partial charge in [-0.05, 0) is 42.5 Å². The molecule has 1 aromatic heterocycles. The molecule has 0 radical (unpaired) electrons. The maximum atomic E-state index is 10.6. The number of halogens is 1. The van der Waals surface area contributed by atoms with Crippen LogP contribution in [0.4, 0.5) is 5.69 Å². The highest BCUT2D eigenvalue weighted by Gasteiger charge is 2.07. The number of hydrogen-bond donors (Lipinski definition) is 0. The molecule has 0 unspecified atom stereocenters. The topological polar surface area (TPSA) is 61.0 Å². The number of non-ortho nitro benzene ring substituents is 1. The van der Waals surface area contributed by atoms with E-state index in [9.17, 15) is 10.1 Å². The fourth-order valence-electron chi connectivity index (χ4n) is 1.97. The van der Waals surface area contributed by atoms with Gasteiger partial charge in [-0.1, -0.05) is 11.6 Å². The zero-order valence-corrected chi connectivity index (χ0v) is 11.6. The molecule has 0 aliphatic heterocycles. The van der Waals surface area contributed by atoms with E-state index in [-0.39, 0.29) is 5.69 Å². The Morgan fingerprint density at radius 1 is 1.00 bits per heavy atom. The van der Waals surface area contributed by atoms with E-state index >= 15 is 0 Å². The van der Waals surface area contributed by atoms with Crippen molar-refractivity contribution in [1.29, 1.82) is 0 Å². The van der Waals surface area contributed by atoms with Gasteiger partial charge in [0, 0.05) is 28.9 Å². The first-order valence-electron chi connectivity index (χ1n) is 6.20. The molecule has 1 heterocycles. The smallest absolute Gasteiger partial charge is 0.258 e. The van der Waals surface area contributed by atoms with E-state index in [1.807, 2.05) is 24.4 Å². The summed E-state index contributed by atoms with van der Waals surface area (Å²) in [6.07, 6.45) is 1.83. The van der Waals surface area contributed by atoms with Gasteiger partial charge in [-0.25, -0.2) is 4.68 Å². The highest BCUT2D eigenvalue weighted by atomic mass is 35.5. The number of rotatable bonds is 3. The average molecular weight is 300 g/mol. The van der Waals surface area contributed by atoms with Crippen molar-refractivity contribution >= 4 is 17.3 Å². The molecule has 0 N–H and O–H groups in total. The van der Waals surface area contributed by atoms with E-state index in [4.69, 9.17) is 11.6 Å². The predicted octanol–water partition coefficient (Wildman–Crippen LogP) is 4.10. The molecule has 0 aliphatic carbocycles. The van der Waals surface area contributed by atoms with Crippen molar-refractivity contribution in [1.82, 2.24) is 9.78 Å². The molecule has 0 bridgehead atoms. The van der Waals surface area contributed by atoms with Crippen molar-refractivity contribution in [2.24, 2.45) is 0 Å². The standard InChI is InChI=1S/C15H10ClN3O2/c16-12-3-7-13(8-4-12)18-10-9-15(17-18)11-1-5-14(6-2-11)19(20)21/h1-10H. The largest absolute Gasteiger partial charge is 0.269 e. The van der Waals surface area contributed by atoms with Crippen LogP contribution < -0.4 is 0 Å². The first-order chi connectivity index (χ1) is 10.1. The minimum atomic E-state index is -0.421. The molecule has 5 nitrogen and oxygen atoms in total. The molecular weight excluding hydrogens is 290 g/mol. The number of aromatic nitrogens is 2. The Labute approximate surface area is 125 Å². The quantitative estimate of drug-likeness (QED) is 0.540. The molecule has 0 saturated carbocycles. The first-order valence-corrected chi connectivity index (χ1v) is 6.58. The molecule has 104 valence electrons. The van der Waals surface area contributed by atoms with Gasteiger partial charge in [-0.3, -0.25) is 10.1 Å². The second-order valence-corrected chi connectivity index (χ2v) is 4.86. The zero-order chi connectivity index (χ0) is 14.8. The maximum absolute atomic E-state index is 10.6. The Kier molecular flexibility index (Phi) is 3.41. The van der Waals surface area contributed by atoms with Crippen LogP contribution in [0.5, 0.6) is 0 Å². The van der Waals surface area contributed by atoms with Crippen LogP contribution in [0.2, 0.25) is 5.02 Å². The number of hydrogen-bond acceptors (Lipinski definition) is 3. The summed E-state index contributed by atoms with van der Waals surface area (Å²) in [5.74, 6) is 0. The van der Waals surface area contributed by atoms with Crippen molar-refractivity contribution in [2.45, 2.75) is 0 Å². The fourth-order valence-corrected chi connectivity index (χ4v) is 2.10. The third kappa shape index (κ3) is 2.78. The molecule has 6 heteroatoms. The second kappa shape index (κ2) is 5.38. The number of nitrogens with zero attached hydrogens (tertiary/aromatic N) is 3. The lowest BCUT2D eigenvalue weighted by atomic mass is 10.1. The highest BCUT2D eigenvalue weighted by Crippen LogP contribution is 2.22. The van der Waals surface area contributed by atoms with E-state index in [1.165, 1.54) is 12.1 Å². The molecule has 0 amide bonds. The van der Waals surface area contributed by atoms with Crippen LogP contribution in [0.15, 0.2) is 60.8 Å². The summed E-state index contributed by atoms with van der Waals surface area (Å²) in [6, 6.07) is 15.5. The van der Waals surface area contributed by atoms with E-state index < -0.39 is 4.92 Å². The molecule has 0 fully saturated rings. The van der Waals surface area contributed by atoms with Gasteiger partial charge < -0.3 is 0 Å². The minimum absolute atomic E-state index is 0.0656. The fraction of sp³-hybridized carbons (Fsp3) is 0. The summed E-state index contributed by atoms with van der Waals surface area (Å²) in [5.41, 5.74) is 2.54. The van der Waals surface area contributed by atoms with E-state index in [2.05, 4.69) is 5.10 Å². The summed E-state index contributed by atoms with van der Waals surface area (Å²) in [7, 11) is 0. The van der Waals surface area contributed by atoms with Crippen LogP contribution in [0.25, 0.3) is 16.9 Å². The molecule has 21 heavy (non-hydrogen) atoms. The lowest BCUT2D eigenvalue weighted by molar-refractivity contribution is -0.384. The molecule has 0 saturated heterocycles. The Hall–Kier alpha value is -2.66. The molecule has 0 spiro atoms. The third-order valence-electron chi connectivity index (χ3n) is 3.05. The molecule has 3 rings (SSSR count). The van der Waals surface area contributed by atoms with Crippen LogP contribution in [0.1, 0.15) is 0 Å². The molecule has 0 aliphatic rings. The monoisotopic (exact) mass is 299 g/mol. The SMILES string of the molecule is O=[N+]([O-])c1ccc(-c2ccn(-c3ccc(Cl)cc3)n2)cc1. The van der Waals surface area contributed by atoms with Crippen LogP contribution in [-0.4, -0.2) is 14.7 Å². The average Bonchev–Trinajstić information content (AvgIpc) is 2.98. The van der Waals surface area contributed by atoms with Gasteiger partial charge in [-0.15, -0.1) is 0 Å². The Balaban J connectivity index is 1.90. The first kappa shape index (κ1) is 13.3. The lowest BCUT2D eigenvalue weighted by Gasteiger charge is -2.01.